The number of carbonyl (C=O) groups excluding carboxylic acids is 1. The van der Waals surface area contributed by atoms with Crippen molar-refractivity contribution in [3.8, 4) is 0 Å². The molecule has 2 aliphatic rings. The molecule has 5 heteroatoms. The molecule has 0 aromatic rings. The normalized spacial score (nSPS) is 37.2. The summed E-state index contributed by atoms with van der Waals surface area (Å²) in [6, 6.07) is 0. The first-order chi connectivity index (χ1) is 7.40. The van der Waals surface area contributed by atoms with Crippen LogP contribution in [0.15, 0.2) is 0 Å². The maximum absolute atomic E-state index is 12.3. The first kappa shape index (κ1) is 12.5. The summed E-state index contributed by atoms with van der Waals surface area (Å²) in [7, 11) is 0. The highest BCUT2D eigenvalue weighted by Crippen LogP contribution is 2.64. The van der Waals surface area contributed by atoms with Gasteiger partial charge in [-0.05, 0) is 38.6 Å². The fourth-order valence-electron chi connectivity index (χ4n) is 2.42. The van der Waals surface area contributed by atoms with Crippen molar-refractivity contribution < 1.29 is 4.79 Å². The summed E-state index contributed by atoms with van der Waals surface area (Å²) in [6.45, 7) is 4.07. The average molecular weight is 265 g/mol. The molecule has 16 heavy (non-hydrogen) atoms. The van der Waals surface area contributed by atoms with Gasteiger partial charge in [-0.2, -0.15) is 0 Å². The van der Waals surface area contributed by atoms with Crippen LogP contribution in [0.3, 0.4) is 0 Å². The highest BCUT2D eigenvalue weighted by Gasteiger charge is 2.68. The predicted octanol–water partition coefficient (Wildman–Crippen LogP) is 1.77. The van der Waals surface area contributed by atoms with Crippen LogP contribution in [0.4, 0.5) is 0 Å². The molecule has 1 aliphatic heterocycles. The topological polar surface area (TPSA) is 46.3 Å². The van der Waals surface area contributed by atoms with Gasteiger partial charge in [-0.25, -0.2) is 0 Å². The van der Waals surface area contributed by atoms with E-state index in [4.69, 9.17) is 28.9 Å². The van der Waals surface area contributed by atoms with E-state index in [1.54, 1.807) is 0 Å². The lowest BCUT2D eigenvalue weighted by atomic mass is 9.96. The third-order valence-electron chi connectivity index (χ3n) is 3.87. The van der Waals surface area contributed by atoms with Crippen molar-refractivity contribution in [2.24, 2.45) is 17.1 Å². The quantitative estimate of drug-likeness (QED) is 0.773. The van der Waals surface area contributed by atoms with E-state index in [2.05, 4.69) is 0 Å². The second-order valence-electron chi connectivity index (χ2n) is 5.21. The monoisotopic (exact) mass is 264 g/mol. The van der Waals surface area contributed by atoms with Gasteiger partial charge in [0.25, 0.3) is 0 Å². The highest BCUT2D eigenvalue weighted by atomic mass is 35.5. The lowest BCUT2D eigenvalue weighted by molar-refractivity contribution is -0.138. The minimum Gasteiger partial charge on any atom is -0.342 e. The van der Waals surface area contributed by atoms with Gasteiger partial charge in [-0.15, -0.1) is 23.2 Å². The highest BCUT2D eigenvalue weighted by molar-refractivity contribution is 6.53. The smallest absolute Gasteiger partial charge is 0.231 e. The molecule has 3 nitrogen and oxygen atoms in total. The third-order valence-corrected chi connectivity index (χ3v) is 4.97. The molecule has 1 aliphatic carbocycles. The summed E-state index contributed by atoms with van der Waals surface area (Å²) in [5.74, 6) is 0.524. The van der Waals surface area contributed by atoms with Crippen molar-refractivity contribution in [2.75, 3.05) is 19.6 Å². The van der Waals surface area contributed by atoms with E-state index in [9.17, 15) is 4.79 Å². The number of alkyl halides is 2. The molecule has 2 atom stereocenters. The number of hydrogen-bond acceptors (Lipinski definition) is 2. The maximum atomic E-state index is 12.3. The number of piperidine rings is 1. The van der Waals surface area contributed by atoms with Gasteiger partial charge in [-0.1, -0.05) is 0 Å². The van der Waals surface area contributed by atoms with E-state index in [1.165, 1.54) is 0 Å². The maximum Gasteiger partial charge on any atom is 0.231 e. The first-order valence-electron chi connectivity index (χ1n) is 5.78. The van der Waals surface area contributed by atoms with Crippen LogP contribution in [0.5, 0.6) is 0 Å². The predicted molar refractivity (Wildman–Crippen MR) is 65.5 cm³/mol. The second-order valence-corrected chi connectivity index (χ2v) is 6.69. The second kappa shape index (κ2) is 4.04. The van der Waals surface area contributed by atoms with Crippen LogP contribution in [0.2, 0.25) is 0 Å². The number of halogens is 2. The molecule has 0 unspecified atom stereocenters. The zero-order valence-corrected chi connectivity index (χ0v) is 11.0. The molecular formula is C11H18Cl2N2O. The van der Waals surface area contributed by atoms with E-state index in [0.29, 0.717) is 18.9 Å². The van der Waals surface area contributed by atoms with Crippen LogP contribution in [-0.4, -0.2) is 34.8 Å². The number of likely N-dealkylation sites (tertiary alicyclic amines) is 1. The van der Waals surface area contributed by atoms with E-state index < -0.39 is 9.75 Å². The Labute approximate surface area is 106 Å². The molecule has 1 amide bonds. The Kier molecular flexibility index (Phi) is 3.15. The Hall–Kier alpha value is 0.01000. The van der Waals surface area contributed by atoms with Gasteiger partial charge in [0.05, 0.1) is 5.41 Å². The van der Waals surface area contributed by atoms with E-state index >= 15 is 0 Å². The molecule has 92 valence electrons. The van der Waals surface area contributed by atoms with E-state index in [0.717, 1.165) is 25.9 Å². The van der Waals surface area contributed by atoms with Crippen LogP contribution < -0.4 is 5.73 Å². The number of amides is 1. The molecule has 0 aromatic heterocycles. The van der Waals surface area contributed by atoms with Gasteiger partial charge in [-0.3, -0.25) is 4.79 Å². The van der Waals surface area contributed by atoms with Crippen molar-refractivity contribution >= 4 is 29.1 Å². The Bertz CT molecular complexity index is 308. The van der Waals surface area contributed by atoms with Crippen molar-refractivity contribution in [3.63, 3.8) is 0 Å². The van der Waals surface area contributed by atoms with Gasteiger partial charge in [0.2, 0.25) is 5.91 Å². The summed E-state index contributed by atoms with van der Waals surface area (Å²) in [4.78, 5) is 14.2. The van der Waals surface area contributed by atoms with Crippen molar-refractivity contribution in [2.45, 2.75) is 30.5 Å². The van der Waals surface area contributed by atoms with Gasteiger partial charge in [0.15, 0.2) is 0 Å². The van der Waals surface area contributed by atoms with Gasteiger partial charge < -0.3 is 10.6 Å². The molecule has 2 rings (SSSR count). The molecule has 2 N–H and O–H groups in total. The summed E-state index contributed by atoms with van der Waals surface area (Å²) in [5, 5.41) is 0. The zero-order chi connectivity index (χ0) is 12.0. The summed E-state index contributed by atoms with van der Waals surface area (Å²) in [6.07, 6.45) is 2.71. The van der Waals surface area contributed by atoms with Crippen LogP contribution in [0.1, 0.15) is 26.2 Å². The summed E-state index contributed by atoms with van der Waals surface area (Å²) < 4.78 is -0.861. The van der Waals surface area contributed by atoms with Crippen molar-refractivity contribution in [1.29, 1.82) is 0 Å². The molecule has 1 saturated heterocycles. The molecule has 0 bridgehead atoms. The fourth-order valence-corrected chi connectivity index (χ4v) is 3.12. The standard InChI is InChI=1S/C11H18Cl2N2O/c1-10(7-11(10,12)13)9(16)15-4-2-3-8(5-14)6-15/h8H,2-7,14H2,1H3/t8-,10+/m1/s1. The lowest BCUT2D eigenvalue weighted by Crippen LogP contribution is -2.45. The minimum atomic E-state index is -0.861. The van der Waals surface area contributed by atoms with Gasteiger partial charge >= 0.3 is 0 Å². The summed E-state index contributed by atoms with van der Waals surface area (Å²) in [5.41, 5.74) is 5.08. The molecular weight excluding hydrogens is 247 g/mol. The fraction of sp³-hybridized carbons (Fsp3) is 0.909. The largest absolute Gasteiger partial charge is 0.342 e. The van der Waals surface area contributed by atoms with Crippen LogP contribution in [0, 0.1) is 11.3 Å². The van der Waals surface area contributed by atoms with Crippen molar-refractivity contribution in [1.82, 2.24) is 4.90 Å². The first-order valence-corrected chi connectivity index (χ1v) is 6.53. The molecule has 2 fully saturated rings. The van der Waals surface area contributed by atoms with Gasteiger partial charge in [0.1, 0.15) is 4.33 Å². The Morgan fingerprint density at radius 2 is 2.19 bits per heavy atom. The third kappa shape index (κ3) is 1.93. The molecule has 0 aromatic carbocycles. The number of carbonyl (C=O) groups is 1. The van der Waals surface area contributed by atoms with Gasteiger partial charge in [0, 0.05) is 13.1 Å². The van der Waals surface area contributed by atoms with Crippen LogP contribution in [-0.2, 0) is 4.79 Å². The number of hydrogen-bond donors (Lipinski definition) is 1. The Morgan fingerprint density at radius 1 is 1.56 bits per heavy atom. The average Bonchev–Trinajstić information content (AvgIpc) is 2.78. The molecule has 0 radical (unpaired) electrons. The van der Waals surface area contributed by atoms with Crippen molar-refractivity contribution in [3.05, 3.63) is 0 Å². The van der Waals surface area contributed by atoms with Crippen LogP contribution >= 0.6 is 23.2 Å². The van der Waals surface area contributed by atoms with Crippen LogP contribution in [0.25, 0.3) is 0 Å². The number of rotatable bonds is 2. The number of nitrogens with two attached hydrogens (primary N) is 1. The minimum absolute atomic E-state index is 0.0932. The molecule has 1 heterocycles. The van der Waals surface area contributed by atoms with E-state index in [1.807, 2.05) is 11.8 Å². The number of nitrogens with zero attached hydrogens (tertiary/aromatic N) is 1. The van der Waals surface area contributed by atoms with E-state index in [-0.39, 0.29) is 5.91 Å². The lowest BCUT2D eigenvalue weighted by Gasteiger charge is -2.34. The molecule has 0 spiro atoms. The Morgan fingerprint density at radius 3 is 2.69 bits per heavy atom. The Balaban J connectivity index is 2.01. The zero-order valence-electron chi connectivity index (χ0n) is 9.51. The SMILES string of the molecule is C[C@@]1(C(=O)N2CCC[C@H](CN)C2)CC1(Cl)Cl. The molecule has 1 saturated carbocycles. The summed E-state index contributed by atoms with van der Waals surface area (Å²) >= 11 is 12.1.